The lowest BCUT2D eigenvalue weighted by molar-refractivity contribution is -0.118. The normalized spacial score (nSPS) is 11.0. The monoisotopic (exact) mass is 410 g/mol. The van der Waals surface area contributed by atoms with Gasteiger partial charge >= 0.3 is 0 Å². The number of hydrogen-bond donors (Lipinski definition) is 2. The summed E-state index contributed by atoms with van der Waals surface area (Å²) < 4.78 is 32.8. The molecule has 0 atom stereocenters. The molecule has 29 heavy (non-hydrogen) atoms. The lowest BCUT2D eigenvalue weighted by Gasteiger charge is -2.10. The minimum absolute atomic E-state index is 0.120. The molecule has 0 fully saturated rings. The molecular formula is C22H22N2O4S. The first-order valence-corrected chi connectivity index (χ1v) is 10.5. The molecule has 3 rings (SSSR count). The van der Waals surface area contributed by atoms with Gasteiger partial charge in [-0.1, -0.05) is 29.8 Å². The summed E-state index contributed by atoms with van der Waals surface area (Å²) in [4.78, 5) is 12.2. The minimum atomic E-state index is -3.67. The molecule has 0 unspecified atom stereocenters. The van der Waals surface area contributed by atoms with Crippen LogP contribution in [0.15, 0.2) is 77.7 Å². The van der Waals surface area contributed by atoms with Crippen molar-refractivity contribution in [1.82, 2.24) is 0 Å². The van der Waals surface area contributed by atoms with Gasteiger partial charge in [0.25, 0.3) is 15.9 Å². The third kappa shape index (κ3) is 5.83. The van der Waals surface area contributed by atoms with Crippen LogP contribution in [-0.2, 0) is 14.8 Å². The number of anilines is 2. The first kappa shape index (κ1) is 20.4. The lowest BCUT2D eigenvalue weighted by atomic mass is 10.2. The molecule has 0 heterocycles. The number of nitrogens with one attached hydrogen (secondary N) is 2. The molecule has 0 radical (unpaired) electrons. The predicted octanol–water partition coefficient (Wildman–Crippen LogP) is 4.12. The van der Waals surface area contributed by atoms with Crippen molar-refractivity contribution in [1.29, 1.82) is 0 Å². The maximum atomic E-state index is 12.4. The lowest BCUT2D eigenvalue weighted by Crippen LogP contribution is -2.20. The van der Waals surface area contributed by atoms with E-state index in [0.717, 1.165) is 11.1 Å². The standard InChI is InChI=1S/C22H22N2O4S/c1-16-6-12-21(13-7-16)29(26,27)24-19-10-8-18(9-11-19)23-22(25)15-28-20-5-3-4-17(2)14-20/h3-14,24H,15H2,1-2H3,(H,23,25). The Labute approximate surface area is 170 Å². The van der Waals surface area contributed by atoms with E-state index in [1.807, 2.05) is 32.0 Å². The van der Waals surface area contributed by atoms with Crippen molar-refractivity contribution in [3.8, 4) is 5.75 Å². The summed E-state index contributed by atoms with van der Waals surface area (Å²) >= 11 is 0. The minimum Gasteiger partial charge on any atom is -0.484 e. The Kier molecular flexibility index (Phi) is 6.19. The number of ether oxygens (including phenoxy) is 1. The van der Waals surface area contributed by atoms with Crippen LogP contribution in [0.5, 0.6) is 5.75 Å². The molecule has 150 valence electrons. The van der Waals surface area contributed by atoms with Gasteiger partial charge in [-0.3, -0.25) is 9.52 Å². The van der Waals surface area contributed by atoms with Crippen molar-refractivity contribution in [2.75, 3.05) is 16.6 Å². The van der Waals surface area contributed by atoms with Gasteiger partial charge < -0.3 is 10.1 Å². The zero-order valence-corrected chi connectivity index (χ0v) is 17.0. The number of benzene rings is 3. The van der Waals surface area contributed by atoms with E-state index in [9.17, 15) is 13.2 Å². The third-order valence-electron chi connectivity index (χ3n) is 4.11. The van der Waals surface area contributed by atoms with Gasteiger partial charge in [0.15, 0.2) is 6.61 Å². The van der Waals surface area contributed by atoms with Crippen molar-refractivity contribution in [2.45, 2.75) is 18.7 Å². The molecule has 0 aromatic heterocycles. The highest BCUT2D eigenvalue weighted by atomic mass is 32.2. The van der Waals surface area contributed by atoms with Gasteiger partial charge in [0.2, 0.25) is 0 Å². The molecule has 0 aliphatic rings. The Balaban J connectivity index is 1.57. The molecule has 3 aromatic carbocycles. The molecule has 0 spiro atoms. The van der Waals surface area contributed by atoms with E-state index < -0.39 is 10.0 Å². The van der Waals surface area contributed by atoms with E-state index >= 15 is 0 Å². The summed E-state index contributed by atoms with van der Waals surface area (Å²) in [6.07, 6.45) is 0. The van der Waals surface area contributed by atoms with Crippen LogP contribution < -0.4 is 14.8 Å². The van der Waals surface area contributed by atoms with E-state index in [-0.39, 0.29) is 17.4 Å². The van der Waals surface area contributed by atoms with Crippen molar-refractivity contribution >= 4 is 27.3 Å². The first-order valence-electron chi connectivity index (χ1n) is 9.01. The van der Waals surface area contributed by atoms with Gasteiger partial charge in [0.05, 0.1) is 4.90 Å². The highest BCUT2D eigenvalue weighted by Gasteiger charge is 2.14. The van der Waals surface area contributed by atoms with Crippen molar-refractivity contribution in [3.63, 3.8) is 0 Å². The predicted molar refractivity (Wildman–Crippen MR) is 114 cm³/mol. The average Bonchev–Trinajstić information content (AvgIpc) is 2.68. The van der Waals surface area contributed by atoms with Gasteiger partial charge in [0.1, 0.15) is 5.75 Å². The molecule has 0 bridgehead atoms. The van der Waals surface area contributed by atoms with Crippen LogP contribution in [-0.4, -0.2) is 20.9 Å². The van der Waals surface area contributed by atoms with Gasteiger partial charge in [0, 0.05) is 11.4 Å². The van der Waals surface area contributed by atoms with E-state index in [0.29, 0.717) is 17.1 Å². The second-order valence-electron chi connectivity index (χ2n) is 6.65. The van der Waals surface area contributed by atoms with Crippen LogP contribution in [0.2, 0.25) is 0 Å². The molecule has 7 heteroatoms. The number of carbonyl (C=O) groups is 1. The maximum Gasteiger partial charge on any atom is 0.262 e. The number of carbonyl (C=O) groups excluding carboxylic acids is 1. The highest BCUT2D eigenvalue weighted by Crippen LogP contribution is 2.19. The highest BCUT2D eigenvalue weighted by molar-refractivity contribution is 7.92. The molecule has 0 aliphatic heterocycles. The topological polar surface area (TPSA) is 84.5 Å². The van der Waals surface area contributed by atoms with E-state index in [1.165, 1.54) is 0 Å². The van der Waals surface area contributed by atoms with Crippen LogP contribution in [0.1, 0.15) is 11.1 Å². The van der Waals surface area contributed by atoms with Crippen LogP contribution >= 0.6 is 0 Å². The Morgan fingerprint density at radius 2 is 1.52 bits per heavy atom. The molecule has 1 amide bonds. The number of amides is 1. The van der Waals surface area contributed by atoms with E-state index in [1.54, 1.807) is 54.6 Å². The van der Waals surface area contributed by atoms with Crippen LogP contribution in [0.4, 0.5) is 11.4 Å². The quantitative estimate of drug-likeness (QED) is 0.614. The number of sulfonamides is 1. The van der Waals surface area contributed by atoms with Gasteiger partial charge in [-0.25, -0.2) is 8.42 Å². The molecule has 0 saturated carbocycles. The molecule has 0 saturated heterocycles. The van der Waals surface area contributed by atoms with Crippen LogP contribution in [0.25, 0.3) is 0 Å². The summed E-state index contributed by atoms with van der Waals surface area (Å²) in [5, 5.41) is 2.71. The fourth-order valence-corrected chi connectivity index (χ4v) is 3.66. The Bertz CT molecular complexity index is 1090. The van der Waals surface area contributed by atoms with Crippen molar-refractivity contribution < 1.29 is 17.9 Å². The molecule has 6 nitrogen and oxygen atoms in total. The largest absolute Gasteiger partial charge is 0.484 e. The van der Waals surface area contributed by atoms with Crippen LogP contribution in [0, 0.1) is 13.8 Å². The van der Waals surface area contributed by atoms with Gasteiger partial charge in [-0.05, 0) is 67.9 Å². The summed E-state index contributed by atoms with van der Waals surface area (Å²) in [5.41, 5.74) is 2.97. The third-order valence-corrected chi connectivity index (χ3v) is 5.51. The fourth-order valence-electron chi connectivity index (χ4n) is 2.60. The molecule has 0 aliphatic carbocycles. The van der Waals surface area contributed by atoms with Gasteiger partial charge in [-0.15, -0.1) is 0 Å². The first-order chi connectivity index (χ1) is 13.8. The van der Waals surface area contributed by atoms with Crippen molar-refractivity contribution in [3.05, 3.63) is 83.9 Å². The smallest absolute Gasteiger partial charge is 0.262 e. The molecular weight excluding hydrogens is 388 g/mol. The summed E-state index contributed by atoms with van der Waals surface area (Å²) in [5.74, 6) is 0.320. The second kappa shape index (κ2) is 8.79. The zero-order valence-electron chi connectivity index (χ0n) is 16.2. The fraction of sp³-hybridized carbons (Fsp3) is 0.136. The number of rotatable bonds is 7. The maximum absolute atomic E-state index is 12.4. The van der Waals surface area contributed by atoms with Crippen molar-refractivity contribution in [2.24, 2.45) is 0 Å². The zero-order chi connectivity index (χ0) is 20.9. The summed E-state index contributed by atoms with van der Waals surface area (Å²) in [6, 6.07) is 20.5. The number of aryl methyl sites for hydroxylation is 2. The van der Waals surface area contributed by atoms with Gasteiger partial charge in [-0.2, -0.15) is 0 Å². The Hall–Kier alpha value is -3.32. The van der Waals surface area contributed by atoms with E-state index in [4.69, 9.17) is 4.74 Å². The Morgan fingerprint density at radius 3 is 2.17 bits per heavy atom. The summed E-state index contributed by atoms with van der Waals surface area (Å²) in [7, 11) is -3.67. The average molecular weight is 410 g/mol. The Morgan fingerprint density at radius 1 is 0.862 bits per heavy atom. The second-order valence-corrected chi connectivity index (χ2v) is 8.33. The summed E-state index contributed by atoms with van der Waals surface area (Å²) in [6.45, 7) is 3.72. The van der Waals surface area contributed by atoms with Crippen LogP contribution in [0.3, 0.4) is 0 Å². The molecule has 3 aromatic rings. The molecule has 2 N–H and O–H groups in total. The van der Waals surface area contributed by atoms with E-state index in [2.05, 4.69) is 10.0 Å². The SMILES string of the molecule is Cc1ccc(S(=O)(=O)Nc2ccc(NC(=O)COc3cccc(C)c3)cc2)cc1. The number of hydrogen-bond acceptors (Lipinski definition) is 4.